The van der Waals surface area contributed by atoms with Crippen molar-refractivity contribution in [2.45, 2.75) is 18.9 Å². The normalized spacial score (nSPS) is 25.7. The van der Waals surface area contributed by atoms with Gasteiger partial charge in [-0.1, -0.05) is 72.3 Å². The minimum Gasteiger partial charge on any atom is -0.325 e. The van der Waals surface area contributed by atoms with Gasteiger partial charge in [0.1, 0.15) is 0 Å². The lowest BCUT2D eigenvalue weighted by Crippen LogP contribution is -2.38. The van der Waals surface area contributed by atoms with E-state index in [1.54, 1.807) is 18.2 Å². The summed E-state index contributed by atoms with van der Waals surface area (Å²) >= 11 is 6.25. The van der Waals surface area contributed by atoms with Gasteiger partial charge in [-0.3, -0.25) is 19.3 Å². The van der Waals surface area contributed by atoms with Crippen molar-refractivity contribution < 1.29 is 14.4 Å². The maximum absolute atomic E-state index is 13.5. The maximum atomic E-state index is 13.5. The summed E-state index contributed by atoms with van der Waals surface area (Å²) in [5, 5.41) is 5.45. The Hall–Kier alpha value is -3.44. The molecule has 2 bridgehead atoms. The number of imide groups is 1. The van der Waals surface area contributed by atoms with Gasteiger partial charge in [0.2, 0.25) is 17.7 Å². The number of hydrogen-bond acceptors (Lipinski definition) is 3. The van der Waals surface area contributed by atoms with Crippen LogP contribution in [0.2, 0.25) is 5.02 Å². The van der Waals surface area contributed by atoms with Gasteiger partial charge in [-0.2, -0.15) is 0 Å². The molecule has 1 heterocycles. The van der Waals surface area contributed by atoms with Gasteiger partial charge in [-0.15, -0.1) is 0 Å². The Balaban J connectivity index is 1.32. The van der Waals surface area contributed by atoms with Crippen LogP contribution in [0.3, 0.4) is 0 Å². The molecule has 5 atom stereocenters. The fraction of sp³-hybridized carbons (Fsp3) is 0.250. The number of hydrogen-bond donors (Lipinski definition) is 1. The Morgan fingerprint density at radius 2 is 1.62 bits per heavy atom. The van der Waals surface area contributed by atoms with Crippen molar-refractivity contribution in [3.8, 4) is 0 Å². The van der Waals surface area contributed by atoms with Crippen LogP contribution in [0, 0.1) is 23.7 Å². The first-order chi connectivity index (χ1) is 16.5. The first kappa shape index (κ1) is 21.1. The molecule has 1 N–H and O–H groups in total. The molecule has 1 saturated carbocycles. The molecule has 3 amide bonds. The zero-order valence-corrected chi connectivity index (χ0v) is 19.1. The number of allylic oxidation sites excluding steroid dienone is 2. The van der Waals surface area contributed by atoms with Gasteiger partial charge in [-0.05, 0) is 47.4 Å². The van der Waals surface area contributed by atoms with Crippen LogP contribution in [0.4, 0.5) is 5.69 Å². The summed E-state index contributed by atoms with van der Waals surface area (Å²) in [5.74, 6) is -1.01. The van der Waals surface area contributed by atoms with Crippen molar-refractivity contribution in [2.75, 3.05) is 5.32 Å². The van der Waals surface area contributed by atoms with E-state index in [1.165, 1.54) is 4.90 Å². The Bertz CT molecular complexity index is 1330. The third-order valence-corrected chi connectivity index (χ3v) is 7.73. The molecule has 3 aromatic carbocycles. The van der Waals surface area contributed by atoms with Crippen LogP contribution in [0.15, 0.2) is 78.9 Å². The molecule has 34 heavy (non-hydrogen) atoms. The van der Waals surface area contributed by atoms with Gasteiger partial charge < -0.3 is 5.32 Å². The van der Waals surface area contributed by atoms with Gasteiger partial charge in [0, 0.05) is 16.1 Å². The Kier molecular flexibility index (Phi) is 5.03. The predicted octanol–water partition coefficient (Wildman–Crippen LogP) is 5.37. The number of fused-ring (bicyclic) bond motifs is 6. The van der Waals surface area contributed by atoms with Gasteiger partial charge >= 0.3 is 0 Å². The Labute approximate surface area is 202 Å². The van der Waals surface area contributed by atoms with E-state index < -0.39 is 6.04 Å². The number of likely N-dealkylation sites (tertiary alicyclic amines) is 1. The van der Waals surface area contributed by atoms with Crippen LogP contribution in [-0.2, 0) is 14.4 Å². The summed E-state index contributed by atoms with van der Waals surface area (Å²) in [4.78, 5) is 41.6. The van der Waals surface area contributed by atoms with Gasteiger partial charge in [0.25, 0.3) is 0 Å². The van der Waals surface area contributed by atoms with Crippen molar-refractivity contribution in [3.63, 3.8) is 0 Å². The van der Waals surface area contributed by atoms with E-state index in [2.05, 4.69) is 17.5 Å². The molecule has 2 fully saturated rings. The van der Waals surface area contributed by atoms with Gasteiger partial charge in [-0.25, -0.2) is 0 Å². The van der Waals surface area contributed by atoms with Gasteiger partial charge in [0.15, 0.2) is 0 Å². The first-order valence-electron chi connectivity index (χ1n) is 11.6. The molecule has 5 nitrogen and oxygen atoms in total. The topological polar surface area (TPSA) is 66.5 Å². The highest BCUT2D eigenvalue weighted by atomic mass is 35.5. The lowest BCUT2D eigenvalue weighted by atomic mass is 9.85. The number of nitrogens with one attached hydrogen (secondary N) is 1. The third-order valence-electron chi connectivity index (χ3n) is 7.49. The molecule has 0 spiro atoms. The number of nitrogens with zero attached hydrogens (tertiary/aromatic N) is 1. The largest absolute Gasteiger partial charge is 0.325 e. The molecular weight excluding hydrogens is 448 g/mol. The summed E-state index contributed by atoms with van der Waals surface area (Å²) < 4.78 is 0. The van der Waals surface area contributed by atoms with Crippen molar-refractivity contribution in [3.05, 3.63) is 89.5 Å². The molecule has 6 rings (SSSR count). The van der Waals surface area contributed by atoms with Crippen LogP contribution in [0.1, 0.15) is 24.4 Å². The van der Waals surface area contributed by atoms with E-state index in [9.17, 15) is 14.4 Å². The van der Waals surface area contributed by atoms with E-state index in [4.69, 9.17) is 11.6 Å². The molecular formula is C28H23ClN2O3. The van der Waals surface area contributed by atoms with Crippen molar-refractivity contribution >= 4 is 45.8 Å². The second-order valence-electron chi connectivity index (χ2n) is 9.40. The van der Waals surface area contributed by atoms with E-state index in [-0.39, 0.29) is 47.8 Å². The molecule has 1 saturated heterocycles. The number of amides is 3. The smallest absolute Gasteiger partial charge is 0.234 e. The molecule has 3 aliphatic rings. The lowest BCUT2D eigenvalue weighted by molar-refractivity contribution is -0.144. The maximum Gasteiger partial charge on any atom is 0.234 e. The molecule has 6 heteroatoms. The van der Waals surface area contributed by atoms with E-state index in [1.807, 2.05) is 48.5 Å². The van der Waals surface area contributed by atoms with Gasteiger partial charge in [0.05, 0.1) is 24.3 Å². The molecule has 170 valence electrons. The number of halogens is 1. The molecule has 0 radical (unpaired) electrons. The van der Waals surface area contributed by atoms with Crippen LogP contribution in [-0.4, -0.2) is 22.6 Å². The van der Waals surface area contributed by atoms with Crippen molar-refractivity contribution in [1.82, 2.24) is 4.90 Å². The summed E-state index contributed by atoms with van der Waals surface area (Å²) in [6, 6.07) is 19.9. The van der Waals surface area contributed by atoms with Crippen molar-refractivity contribution in [2.24, 2.45) is 23.7 Å². The minimum atomic E-state index is -0.710. The highest BCUT2D eigenvalue weighted by Crippen LogP contribution is 2.54. The van der Waals surface area contributed by atoms with Crippen LogP contribution >= 0.6 is 11.6 Å². The summed E-state index contributed by atoms with van der Waals surface area (Å²) in [5.41, 5.74) is 1.38. The molecule has 2 aliphatic carbocycles. The number of carbonyl (C=O) groups is 3. The van der Waals surface area contributed by atoms with Crippen LogP contribution in [0.25, 0.3) is 10.8 Å². The minimum absolute atomic E-state index is 0.0384. The molecule has 0 aromatic heterocycles. The van der Waals surface area contributed by atoms with E-state index in [0.29, 0.717) is 16.3 Å². The monoisotopic (exact) mass is 470 g/mol. The molecule has 3 aromatic rings. The zero-order chi connectivity index (χ0) is 23.4. The number of benzene rings is 3. The predicted molar refractivity (Wildman–Crippen MR) is 131 cm³/mol. The number of anilines is 1. The quantitative estimate of drug-likeness (QED) is 0.402. The van der Waals surface area contributed by atoms with E-state index in [0.717, 1.165) is 17.2 Å². The second kappa shape index (κ2) is 8.10. The van der Waals surface area contributed by atoms with Crippen LogP contribution < -0.4 is 5.32 Å². The zero-order valence-electron chi connectivity index (χ0n) is 18.4. The number of carbonyl (C=O) groups excluding carboxylic acids is 3. The molecule has 5 unspecified atom stereocenters. The molecule has 1 aliphatic heterocycles. The standard InChI is InChI=1S/C28H23ClN2O3/c29-20-8-3-7-17(14-20)23(31-27(33)25-18-11-12-19(13-18)26(25)28(31)34)15-24(32)30-22-10-4-6-16-5-1-2-9-21(16)22/h1-12,14,18-19,23,25-26H,13,15H2,(H,30,32). The fourth-order valence-corrected chi connectivity index (χ4v) is 6.21. The average Bonchev–Trinajstić information content (AvgIpc) is 3.52. The highest BCUT2D eigenvalue weighted by Gasteiger charge is 2.60. The van der Waals surface area contributed by atoms with Crippen LogP contribution in [0.5, 0.6) is 0 Å². The third kappa shape index (κ3) is 3.34. The lowest BCUT2D eigenvalue weighted by Gasteiger charge is -2.28. The summed E-state index contributed by atoms with van der Waals surface area (Å²) in [6.45, 7) is 0. The second-order valence-corrected chi connectivity index (χ2v) is 9.83. The number of rotatable bonds is 5. The fourth-order valence-electron chi connectivity index (χ4n) is 6.02. The average molecular weight is 471 g/mol. The summed E-state index contributed by atoms with van der Waals surface area (Å²) in [6.07, 6.45) is 4.97. The first-order valence-corrected chi connectivity index (χ1v) is 12.0. The Morgan fingerprint density at radius 1 is 0.941 bits per heavy atom. The Morgan fingerprint density at radius 3 is 2.35 bits per heavy atom. The highest BCUT2D eigenvalue weighted by molar-refractivity contribution is 6.30. The summed E-state index contributed by atoms with van der Waals surface area (Å²) in [7, 11) is 0. The van der Waals surface area contributed by atoms with Crippen molar-refractivity contribution in [1.29, 1.82) is 0 Å². The van der Waals surface area contributed by atoms with E-state index >= 15 is 0 Å². The SMILES string of the molecule is O=C(CC(c1cccc(Cl)c1)N1C(=O)C2C3C=CC(C3)C2C1=O)Nc1cccc2ccccc12.